The molecule has 0 aliphatic carbocycles. The van der Waals surface area contributed by atoms with Gasteiger partial charge in [0, 0.05) is 18.5 Å². The number of carbonyl (C=O) groups excluding carboxylic acids is 3. The second kappa shape index (κ2) is 16.6. The Morgan fingerprint density at radius 1 is 0.788 bits per heavy atom. The molecule has 4 atom stereocenters. The molecule has 3 aliphatic heterocycles. The summed E-state index contributed by atoms with van der Waals surface area (Å²) in [5.41, 5.74) is 6.40. The molecule has 2 N–H and O–H groups in total. The molecule has 52 heavy (non-hydrogen) atoms. The molecular formula is C42H45N3O7. The second-order valence-corrected chi connectivity index (χ2v) is 13.8. The smallest absolute Gasteiger partial charge is 0.408 e. The summed E-state index contributed by atoms with van der Waals surface area (Å²) in [6.45, 7) is 3.23. The molecule has 0 spiro atoms. The molecule has 3 saturated heterocycles. The van der Waals surface area contributed by atoms with Crippen molar-refractivity contribution in [2.24, 2.45) is 0 Å². The number of amides is 3. The highest BCUT2D eigenvalue weighted by molar-refractivity contribution is 6.06. The number of nitrogens with one attached hydrogen (secondary N) is 1. The maximum absolute atomic E-state index is 13.1. The van der Waals surface area contributed by atoms with Crippen LogP contribution in [0.5, 0.6) is 0 Å². The van der Waals surface area contributed by atoms with Crippen LogP contribution in [-0.2, 0) is 43.6 Å². The lowest BCUT2D eigenvalue weighted by atomic mass is 9.98. The van der Waals surface area contributed by atoms with Gasteiger partial charge in [-0.1, -0.05) is 103 Å². The lowest BCUT2D eigenvalue weighted by Gasteiger charge is -2.39. The topological polar surface area (TPSA) is 118 Å². The average Bonchev–Trinajstić information content (AvgIpc) is 3.45. The first-order chi connectivity index (χ1) is 25.4. The SMILES string of the molecule is O=C(NC1CC(=O)N(Cc2cccc(-c3ccc([C@H]4O[C@@H](CN5CCCCC5)C[C@@H](c5ccc(CO)cc5)O4)cc3)c2)C1=O)OCc1ccccc1. The maximum atomic E-state index is 13.1. The molecule has 10 heteroatoms. The summed E-state index contributed by atoms with van der Waals surface area (Å²) in [5.74, 6) is -0.799. The van der Waals surface area contributed by atoms with Gasteiger partial charge in [0.05, 0.1) is 31.8 Å². The van der Waals surface area contributed by atoms with Crippen molar-refractivity contribution in [2.45, 2.75) is 76.4 Å². The molecular weight excluding hydrogens is 658 g/mol. The number of aliphatic hydroxyl groups is 1. The molecule has 0 aromatic heterocycles. The fourth-order valence-corrected chi connectivity index (χ4v) is 7.20. The quantitative estimate of drug-likeness (QED) is 0.172. The number of ether oxygens (including phenoxy) is 3. The number of benzene rings is 4. The summed E-state index contributed by atoms with van der Waals surface area (Å²) in [4.78, 5) is 42.1. The Balaban J connectivity index is 0.995. The first kappa shape index (κ1) is 35.5. The van der Waals surface area contributed by atoms with Crippen LogP contribution in [0.4, 0.5) is 4.79 Å². The highest BCUT2D eigenvalue weighted by Crippen LogP contribution is 2.39. The Morgan fingerprint density at radius 2 is 1.52 bits per heavy atom. The fraction of sp³-hybridized carbons (Fsp3) is 0.357. The van der Waals surface area contributed by atoms with E-state index in [1.165, 1.54) is 24.2 Å². The van der Waals surface area contributed by atoms with Crippen molar-refractivity contribution in [2.75, 3.05) is 19.6 Å². The van der Waals surface area contributed by atoms with Gasteiger partial charge in [0.15, 0.2) is 6.29 Å². The number of hydrogen-bond acceptors (Lipinski definition) is 8. The second-order valence-electron chi connectivity index (χ2n) is 13.8. The first-order valence-corrected chi connectivity index (χ1v) is 18.2. The number of nitrogens with zero attached hydrogens (tertiary/aromatic N) is 2. The molecule has 0 saturated carbocycles. The molecule has 270 valence electrons. The predicted octanol–water partition coefficient (Wildman–Crippen LogP) is 6.43. The monoisotopic (exact) mass is 703 g/mol. The average molecular weight is 704 g/mol. The number of likely N-dealkylation sites (tertiary alicyclic amines) is 2. The van der Waals surface area contributed by atoms with Crippen molar-refractivity contribution in [3.8, 4) is 11.1 Å². The predicted molar refractivity (Wildman–Crippen MR) is 194 cm³/mol. The number of aliphatic hydroxyl groups excluding tert-OH is 1. The molecule has 3 aliphatic rings. The zero-order chi connectivity index (χ0) is 35.9. The van der Waals surface area contributed by atoms with E-state index in [4.69, 9.17) is 14.2 Å². The standard InChI is InChI=1S/C42H45N3O7/c46-27-29-12-14-33(15-13-29)38-23-36(26-44-20-5-2-6-21-44)51-41(52-38)34-18-16-32(17-19-34)35-11-7-10-31(22-35)25-45-39(47)24-37(40(45)48)43-42(49)50-28-30-8-3-1-4-9-30/h1,3-4,7-19,22,36-38,41,46H,2,5-6,20-21,23-28H2,(H,43,49)/t36-,37?,38+,41+/m1/s1. The lowest BCUT2D eigenvalue weighted by Crippen LogP contribution is -2.41. The Labute approximate surface area is 304 Å². The molecule has 4 aromatic carbocycles. The number of rotatable bonds is 11. The minimum atomic E-state index is -0.963. The highest BCUT2D eigenvalue weighted by Gasteiger charge is 2.40. The van der Waals surface area contributed by atoms with Crippen LogP contribution in [-0.4, -0.2) is 64.6 Å². The van der Waals surface area contributed by atoms with E-state index in [-0.39, 0.29) is 44.3 Å². The van der Waals surface area contributed by atoms with E-state index in [0.29, 0.717) is 0 Å². The van der Waals surface area contributed by atoms with Crippen LogP contribution < -0.4 is 5.32 Å². The van der Waals surface area contributed by atoms with E-state index in [1.807, 2.05) is 103 Å². The minimum Gasteiger partial charge on any atom is -0.445 e. The molecule has 1 unspecified atom stereocenters. The normalized spacial score (nSPS) is 22.4. The minimum absolute atomic E-state index is 0.00471. The van der Waals surface area contributed by atoms with E-state index < -0.39 is 24.3 Å². The molecule has 3 amide bonds. The Kier molecular flexibility index (Phi) is 11.4. The van der Waals surface area contributed by atoms with Crippen LogP contribution in [0.3, 0.4) is 0 Å². The van der Waals surface area contributed by atoms with Crippen LogP contribution >= 0.6 is 0 Å². The van der Waals surface area contributed by atoms with Crippen molar-refractivity contribution < 1.29 is 33.7 Å². The zero-order valence-corrected chi connectivity index (χ0v) is 29.2. The van der Waals surface area contributed by atoms with Gasteiger partial charge < -0.3 is 29.5 Å². The summed E-state index contributed by atoms with van der Waals surface area (Å²) in [5, 5.41) is 12.1. The van der Waals surface area contributed by atoms with Gasteiger partial charge in [-0.2, -0.15) is 0 Å². The van der Waals surface area contributed by atoms with Crippen LogP contribution in [0.1, 0.15) is 72.3 Å². The summed E-state index contributed by atoms with van der Waals surface area (Å²) in [6.07, 6.45) is 2.97. The molecule has 10 nitrogen and oxygen atoms in total. The van der Waals surface area contributed by atoms with E-state index in [9.17, 15) is 19.5 Å². The molecule has 0 radical (unpaired) electrons. The highest BCUT2D eigenvalue weighted by atomic mass is 16.7. The first-order valence-electron chi connectivity index (χ1n) is 18.2. The Hall–Kier alpha value is -4.87. The molecule has 3 heterocycles. The van der Waals surface area contributed by atoms with Crippen molar-refractivity contribution in [3.63, 3.8) is 0 Å². The van der Waals surface area contributed by atoms with Gasteiger partial charge in [0.25, 0.3) is 5.91 Å². The van der Waals surface area contributed by atoms with Gasteiger partial charge in [0.1, 0.15) is 12.6 Å². The van der Waals surface area contributed by atoms with Crippen molar-refractivity contribution in [1.82, 2.24) is 15.1 Å². The van der Waals surface area contributed by atoms with E-state index in [2.05, 4.69) is 10.2 Å². The summed E-state index contributed by atoms with van der Waals surface area (Å²) in [6, 6.07) is 32.1. The largest absolute Gasteiger partial charge is 0.445 e. The molecule has 7 rings (SSSR count). The maximum Gasteiger partial charge on any atom is 0.408 e. The van der Waals surface area contributed by atoms with Crippen LogP contribution in [0.15, 0.2) is 103 Å². The van der Waals surface area contributed by atoms with E-state index >= 15 is 0 Å². The number of alkyl carbamates (subject to hydrolysis) is 1. The van der Waals surface area contributed by atoms with Crippen molar-refractivity contribution >= 4 is 17.9 Å². The third-order valence-electron chi connectivity index (χ3n) is 10.1. The summed E-state index contributed by atoms with van der Waals surface area (Å²) >= 11 is 0. The number of imide groups is 1. The van der Waals surface area contributed by atoms with Crippen LogP contribution in [0.25, 0.3) is 11.1 Å². The van der Waals surface area contributed by atoms with Crippen molar-refractivity contribution in [3.05, 3.63) is 131 Å². The van der Waals surface area contributed by atoms with Gasteiger partial charge in [-0.3, -0.25) is 14.5 Å². The van der Waals surface area contributed by atoms with Gasteiger partial charge in [-0.05, 0) is 65.4 Å². The fourth-order valence-electron chi connectivity index (χ4n) is 7.20. The molecule has 4 aromatic rings. The molecule has 3 fully saturated rings. The molecule has 0 bridgehead atoms. The summed E-state index contributed by atoms with van der Waals surface area (Å²) < 4.78 is 18.4. The third-order valence-corrected chi connectivity index (χ3v) is 10.1. The van der Waals surface area contributed by atoms with Gasteiger partial charge in [-0.15, -0.1) is 0 Å². The lowest BCUT2D eigenvalue weighted by molar-refractivity contribution is -0.253. The summed E-state index contributed by atoms with van der Waals surface area (Å²) in [7, 11) is 0. The number of piperidine rings is 1. The van der Waals surface area contributed by atoms with Gasteiger partial charge in [0.2, 0.25) is 5.91 Å². The third kappa shape index (κ3) is 8.77. The number of hydrogen-bond donors (Lipinski definition) is 2. The number of carbonyl (C=O) groups is 3. The van der Waals surface area contributed by atoms with Crippen LogP contribution in [0, 0.1) is 0 Å². The van der Waals surface area contributed by atoms with Crippen LogP contribution in [0.2, 0.25) is 0 Å². The van der Waals surface area contributed by atoms with E-state index in [1.54, 1.807) is 0 Å². The van der Waals surface area contributed by atoms with Gasteiger partial charge in [-0.25, -0.2) is 4.79 Å². The van der Waals surface area contributed by atoms with Crippen molar-refractivity contribution in [1.29, 1.82) is 0 Å². The van der Waals surface area contributed by atoms with Gasteiger partial charge >= 0.3 is 6.09 Å². The Bertz CT molecular complexity index is 1830. The zero-order valence-electron chi connectivity index (χ0n) is 29.2. The van der Waals surface area contributed by atoms with E-state index in [0.717, 1.165) is 65.0 Å². The Morgan fingerprint density at radius 3 is 2.27 bits per heavy atom.